The molecule has 0 aliphatic rings. The lowest BCUT2D eigenvalue weighted by Gasteiger charge is -2.07. The lowest BCUT2D eigenvalue weighted by molar-refractivity contribution is -0.114. The first-order chi connectivity index (χ1) is 7.99. The molecule has 6 heteroatoms. The van der Waals surface area contributed by atoms with Crippen LogP contribution in [-0.2, 0) is 4.79 Å². The van der Waals surface area contributed by atoms with Gasteiger partial charge in [0.25, 0.3) is 5.91 Å². The molecule has 0 saturated carbocycles. The van der Waals surface area contributed by atoms with Gasteiger partial charge in [-0.2, -0.15) is 5.26 Å². The molecule has 0 heterocycles. The number of nitrogens with zero attached hydrogens (tertiary/aromatic N) is 1. The molecule has 2 N–H and O–H groups in total. The van der Waals surface area contributed by atoms with E-state index in [1.54, 1.807) is 13.2 Å². The maximum absolute atomic E-state index is 10.9. The fourth-order valence-corrected chi connectivity index (χ4v) is 3.44. The number of halogens is 2. The molecule has 4 nitrogen and oxygen atoms in total. The zero-order valence-corrected chi connectivity index (χ0v) is 13.1. The van der Waals surface area contributed by atoms with E-state index in [2.05, 4.69) is 45.2 Å². The number of nitriles is 1. The quantitative estimate of drug-likeness (QED) is 0.433. The van der Waals surface area contributed by atoms with Crippen LogP contribution in [0.25, 0.3) is 6.08 Å². The molecule has 1 aromatic carbocycles. The number of carbonyl (C=O) groups is 1. The lowest BCUT2D eigenvalue weighted by Crippen LogP contribution is -2.12. The first kappa shape index (κ1) is 14.2. The maximum Gasteiger partial charge on any atom is 0.259 e. The van der Waals surface area contributed by atoms with E-state index in [0.717, 1.165) is 18.5 Å². The molecular weight excluding hydrogens is 446 g/mol. The van der Waals surface area contributed by atoms with Gasteiger partial charge in [-0.25, -0.2) is 0 Å². The van der Waals surface area contributed by atoms with E-state index in [-0.39, 0.29) is 5.57 Å². The van der Waals surface area contributed by atoms with E-state index in [9.17, 15) is 4.79 Å². The second-order valence-corrected chi connectivity index (χ2v) is 5.38. The highest BCUT2D eigenvalue weighted by atomic mass is 127. The number of methoxy groups -OCH3 is 1. The zero-order valence-electron chi connectivity index (χ0n) is 8.83. The van der Waals surface area contributed by atoms with E-state index in [1.165, 1.54) is 6.08 Å². The van der Waals surface area contributed by atoms with Crippen molar-refractivity contribution in [2.45, 2.75) is 0 Å². The molecule has 0 spiro atoms. The fourth-order valence-electron chi connectivity index (χ4n) is 1.18. The van der Waals surface area contributed by atoms with Gasteiger partial charge >= 0.3 is 0 Å². The first-order valence-corrected chi connectivity index (χ1v) is 6.60. The molecule has 0 atom stereocenters. The number of nitrogens with two attached hydrogens (primary N) is 1. The molecule has 0 aromatic heterocycles. The van der Waals surface area contributed by atoms with Crippen molar-refractivity contribution in [1.82, 2.24) is 0 Å². The third-order valence-corrected chi connectivity index (χ3v) is 3.52. The van der Waals surface area contributed by atoms with Crippen LogP contribution in [0.5, 0.6) is 5.75 Å². The van der Waals surface area contributed by atoms with Gasteiger partial charge in [0.05, 0.1) is 14.3 Å². The van der Waals surface area contributed by atoms with Crippen molar-refractivity contribution < 1.29 is 9.53 Å². The first-order valence-electron chi connectivity index (χ1n) is 4.44. The molecule has 0 unspecified atom stereocenters. The van der Waals surface area contributed by atoms with Gasteiger partial charge < -0.3 is 10.5 Å². The summed E-state index contributed by atoms with van der Waals surface area (Å²) in [6.07, 6.45) is 1.46. The Kier molecular flexibility index (Phi) is 5.20. The third kappa shape index (κ3) is 3.57. The van der Waals surface area contributed by atoms with Crippen molar-refractivity contribution in [3.63, 3.8) is 0 Å². The van der Waals surface area contributed by atoms with Gasteiger partial charge in [-0.15, -0.1) is 0 Å². The summed E-state index contributed by atoms with van der Waals surface area (Å²) in [6, 6.07) is 5.41. The Balaban J connectivity index is 3.27. The van der Waals surface area contributed by atoms with Crippen LogP contribution in [0, 0.1) is 18.5 Å². The van der Waals surface area contributed by atoms with E-state index < -0.39 is 5.91 Å². The minimum atomic E-state index is -0.728. The summed E-state index contributed by atoms with van der Waals surface area (Å²) < 4.78 is 7.03. The average Bonchev–Trinajstić information content (AvgIpc) is 2.25. The highest BCUT2D eigenvalue weighted by molar-refractivity contribution is 14.1. The molecule has 0 fully saturated rings. The van der Waals surface area contributed by atoms with Crippen molar-refractivity contribution in [3.8, 4) is 11.8 Å². The molecule has 1 amide bonds. The number of carbonyl (C=O) groups excluding carboxylic acids is 1. The molecular formula is C11H8I2N2O2. The number of hydrogen-bond donors (Lipinski definition) is 1. The van der Waals surface area contributed by atoms with Crippen molar-refractivity contribution in [1.29, 1.82) is 5.26 Å². The summed E-state index contributed by atoms with van der Waals surface area (Å²) in [4.78, 5) is 10.9. The molecule has 0 aliphatic carbocycles. The van der Waals surface area contributed by atoms with Crippen LogP contribution >= 0.6 is 45.2 Å². The molecule has 88 valence electrons. The molecule has 1 aromatic rings. The highest BCUT2D eigenvalue weighted by Gasteiger charge is 2.09. The average molecular weight is 454 g/mol. The Morgan fingerprint density at radius 3 is 2.35 bits per heavy atom. The minimum Gasteiger partial charge on any atom is -0.495 e. The zero-order chi connectivity index (χ0) is 13.0. The predicted molar refractivity (Wildman–Crippen MR) is 81.2 cm³/mol. The summed E-state index contributed by atoms with van der Waals surface area (Å²) in [5.41, 5.74) is 5.75. The Hall–Kier alpha value is -0.820. The van der Waals surface area contributed by atoms with Crippen molar-refractivity contribution >= 4 is 57.2 Å². The van der Waals surface area contributed by atoms with Crippen LogP contribution in [0.3, 0.4) is 0 Å². The van der Waals surface area contributed by atoms with Gasteiger partial charge in [0.1, 0.15) is 17.4 Å². The summed E-state index contributed by atoms with van der Waals surface area (Å²) in [6.45, 7) is 0. The Morgan fingerprint density at radius 2 is 2.00 bits per heavy atom. The van der Waals surface area contributed by atoms with E-state index >= 15 is 0 Å². The van der Waals surface area contributed by atoms with Gasteiger partial charge in [0.15, 0.2) is 0 Å². The SMILES string of the molecule is COc1c(I)cc(/C=C(\C#N)C(N)=O)cc1I. The monoisotopic (exact) mass is 454 g/mol. The summed E-state index contributed by atoms with van der Waals surface area (Å²) in [5.74, 6) is 0.0502. The predicted octanol–water partition coefficient (Wildman–Crippen LogP) is 2.30. The standard InChI is InChI=1S/C11H8I2N2O2/c1-17-10-8(12)3-6(4-9(10)13)2-7(5-14)11(15)16/h2-4H,1H3,(H2,15,16)/b7-2+. The number of primary amides is 1. The number of hydrogen-bond acceptors (Lipinski definition) is 3. The topological polar surface area (TPSA) is 76.1 Å². The van der Waals surface area contributed by atoms with E-state index in [4.69, 9.17) is 15.7 Å². The van der Waals surface area contributed by atoms with Crippen LogP contribution in [-0.4, -0.2) is 13.0 Å². The van der Waals surface area contributed by atoms with Crippen molar-refractivity contribution in [2.75, 3.05) is 7.11 Å². The van der Waals surface area contributed by atoms with Crippen LogP contribution in [0.15, 0.2) is 17.7 Å². The molecule has 1 rings (SSSR count). The number of benzene rings is 1. The molecule has 0 aliphatic heterocycles. The Labute approximate surface area is 126 Å². The van der Waals surface area contributed by atoms with Gasteiger partial charge in [-0.3, -0.25) is 4.79 Å². The normalized spacial score (nSPS) is 10.8. The number of rotatable bonds is 3. The Bertz CT molecular complexity index is 510. The van der Waals surface area contributed by atoms with Crippen molar-refractivity contribution in [2.24, 2.45) is 5.73 Å². The van der Waals surface area contributed by atoms with Crippen LogP contribution < -0.4 is 10.5 Å². The van der Waals surface area contributed by atoms with Gasteiger partial charge in [0.2, 0.25) is 0 Å². The van der Waals surface area contributed by atoms with Gasteiger partial charge in [-0.05, 0) is 69.0 Å². The molecule has 0 radical (unpaired) electrons. The number of amides is 1. The number of ether oxygens (including phenoxy) is 1. The second kappa shape index (κ2) is 6.20. The van der Waals surface area contributed by atoms with Crippen LogP contribution in [0.4, 0.5) is 0 Å². The van der Waals surface area contributed by atoms with Crippen LogP contribution in [0.1, 0.15) is 5.56 Å². The van der Waals surface area contributed by atoms with E-state index in [0.29, 0.717) is 0 Å². The fraction of sp³-hybridized carbons (Fsp3) is 0.0909. The largest absolute Gasteiger partial charge is 0.495 e. The summed E-state index contributed by atoms with van der Waals surface area (Å²) >= 11 is 4.26. The minimum absolute atomic E-state index is 0.0678. The summed E-state index contributed by atoms with van der Waals surface area (Å²) in [7, 11) is 1.60. The van der Waals surface area contributed by atoms with Crippen LogP contribution in [0.2, 0.25) is 0 Å². The smallest absolute Gasteiger partial charge is 0.259 e. The lowest BCUT2D eigenvalue weighted by atomic mass is 10.1. The van der Waals surface area contributed by atoms with E-state index in [1.807, 2.05) is 12.1 Å². The highest BCUT2D eigenvalue weighted by Crippen LogP contribution is 2.29. The second-order valence-electron chi connectivity index (χ2n) is 3.05. The Morgan fingerprint density at radius 1 is 1.47 bits per heavy atom. The van der Waals surface area contributed by atoms with Gasteiger partial charge in [0, 0.05) is 0 Å². The van der Waals surface area contributed by atoms with Gasteiger partial charge in [-0.1, -0.05) is 0 Å². The molecule has 17 heavy (non-hydrogen) atoms. The third-order valence-electron chi connectivity index (χ3n) is 1.92. The summed E-state index contributed by atoms with van der Waals surface area (Å²) in [5, 5.41) is 8.75. The van der Waals surface area contributed by atoms with Crippen molar-refractivity contribution in [3.05, 3.63) is 30.4 Å². The molecule has 0 saturated heterocycles. The molecule has 0 bridgehead atoms. The maximum atomic E-state index is 10.9.